The maximum Gasteiger partial charge on any atom is 0.305 e. The summed E-state index contributed by atoms with van der Waals surface area (Å²) in [4.78, 5) is 36.0. The zero-order valence-corrected chi connectivity index (χ0v) is 12.5. The summed E-state index contributed by atoms with van der Waals surface area (Å²) in [5, 5.41) is 11.4. The monoisotopic (exact) mass is 306 g/mol. The Morgan fingerprint density at radius 1 is 1.41 bits per heavy atom. The summed E-state index contributed by atoms with van der Waals surface area (Å²) in [7, 11) is 0. The van der Waals surface area contributed by atoms with Crippen LogP contribution in [0.4, 0.5) is 5.69 Å². The van der Waals surface area contributed by atoms with Crippen molar-refractivity contribution in [2.24, 2.45) is 0 Å². The molecule has 0 bridgehead atoms. The van der Waals surface area contributed by atoms with Gasteiger partial charge in [0.15, 0.2) is 6.61 Å². The lowest BCUT2D eigenvalue weighted by Crippen LogP contribution is -2.38. The van der Waals surface area contributed by atoms with Crippen LogP contribution in [-0.2, 0) is 9.59 Å². The number of fused-ring (bicyclic) bond motifs is 1. The van der Waals surface area contributed by atoms with E-state index in [-0.39, 0.29) is 37.4 Å². The molecule has 0 unspecified atom stereocenters. The Balaban J connectivity index is 2.20. The normalized spacial score (nSPS) is 13.1. The van der Waals surface area contributed by atoms with Crippen LogP contribution >= 0.6 is 0 Å². The largest absolute Gasteiger partial charge is 0.482 e. The molecule has 0 atom stereocenters. The second-order valence-corrected chi connectivity index (χ2v) is 5.28. The van der Waals surface area contributed by atoms with Crippen LogP contribution in [0.3, 0.4) is 0 Å². The zero-order valence-electron chi connectivity index (χ0n) is 12.5. The third-order valence-electron chi connectivity index (χ3n) is 3.31. The number of ether oxygens (including phenoxy) is 1. The molecular formula is C15H18N2O5. The smallest absolute Gasteiger partial charge is 0.305 e. The first-order valence-electron chi connectivity index (χ1n) is 6.98. The van der Waals surface area contributed by atoms with Crippen molar-refractivity contribution in [1.82, 2.24) is 4.90 Å². The number of rotatable bonds is 5. The lowest BCUT2D eigenvalue weighted by Gasteiger charge is -2.27. The first kappa shape index (κ1) is 15.8. The van der Waals surface area contributed by atoms with E-state index in [4.69, 9.17) is 9.84 Å². The minimum atomic E-state index is -0.949. The molecule has 0 saturated carbocycles. The molecule has 0 spiro atoms. The Morgan fingerprint density at radius 2 is 2.14 bits per heavy atom. The van der Waals surface area contributed by atoms with Gasteiger partial charge in [0.05, 0.1) is 12.1 Å². The minimum Gasteiger partial charge on any atom is -0.482 e. The molecule has 0 fully saturated rings. The average Bonchev–Trinajstić information content (AvgIpc) is 2.46. The SMILES string of the molecule is CC(C)N(CCC(=O)O)C(=O)c1ccc2c(c1)OCC(=O)N2. The molecule has 0 radical (unpaired) electrons. The van der Waals surface area contributed by atoms with Crippen molar-refractivity contribution < 1.29 is 24.2 Å². The van der Waals surface area contributed by atoms with Crippen LogP contribution in [0.1, 0.15) is 30.6 Å². The van der Waals surface area contributed by atoms with Gasteiger partial charge < -0.3 is 20.1 Å². The van der Waals surface area contributed by atoms with Gasteiger partial charge in [0.1, 0.15) is 5.75 Å². The number of carbonyl (C=O) groups excluding carboxylic acids is 2. The van der Waals surface area contributed by atoms with Gasteiger partial charge >= 0.3 is 5.97 Å². The molecule has 0 saturated heterocycles. The van der Waals surface area contributed by atoms with Gasteiger partial charge in [-0.2, -0.15) is 0 Å². The molecular weight excluding hydrogens is 288 g/mol. The summed E-state index contributed by atoms with van der Waals surface area (Å²) >= 11 is 0. The lowest BCUT2D eigenvalue weighted by atomic mass is 10.1. The maximum atomic E-state index is 12.5. The number of carbonyl (C=O) groups is 3. The van der Waals surface area contributed by atoms with Crippen molar-refractivity contribution in [2.75, 3.05) is 18.5 Å². The molecule has 2 N–H and O–H groups in total. The standard InChI is InChI=1S/C15H18N2O5/c1-9(2)17(6-5-14(19)20)15(21)10-3-4-11-12(7-10)22-8-13(18)16-11/h3-4,7,9H,5-6,8H2,1-2H3,(H,16,18)(H,19,20). The first-order chi connectivity index (χ1) is 10.4. The highest BCUT2D eigenvalue weighted by Gasteiger charge is 2.22. The van der Waals surface area contributed by atoms with Crippen molar-refractivity contribution in [1.29, 1.82) is 0 Å². The second-order valence-electron chi connectivity index (χ2n) is 5.28. The second kappa shape index (κ2) is 6.46. The molecule has 1 aromatic carbocycles. The fourth-order valence-corrected chi connectivity index (χ4v) is 2.18. The van der Waals surface area contributed by atoms with E-state index in [9.17, 15) is 14.4 Å². The van der Waals surface area contributed by atoms with Crippen LogP contribution in [0.15, 0.2) is 18.2 Å². The van der Waals surface area contributed by atoms with Gasteiger partial charge in [-0.1, -0.05) is 0 Å². The van der Waals surface area contributed by atoms with E-state index in [1.54, 1.807) is 18.2 Å². The predicted octanol–water partition coefficient (Wildman–Crippen LogP) is 1.34. The fourth-order valence-electron chi connectivity index (χ4n) is 2.18. The summed E-state index contributed by atoms with van der Waals surface area (Å²) in [6, 6.07) is 4.64. The van der Waals surface area contributed by atoms with Gasteiger partial charge in [-0.15, -0.1) is 0 Å². The molecule has 2 amide bonds. The van der Waals surface area contributed by atoms with Crippen LogP contribution in [0.25, 0.3) is 0 Å². The predicted molar refractivity (Wildman–Crippen MR) is 79.0 cm³/mol. The molecule has 1 aliphatic heterocycles. The topological polar surface area (TPSA) is 95.9 Å². The van der Waals surface area contributed by atoms with Gasteiger partial charge in [0.2, 0.25) is 0 Å². The fraction of sp³-hybridized carbons (Fsp3) is 0.400. The lowest BCUT2D eigenvalue weighted by molar-refractivity contribution is -0.137. The average molecular weight is 306 g/mol. The highest BCUT2D eigenvalue weighted by molar-refractivity contribution is 5.99. The molecule has 7 nitrogen and oxygen atoms in total. The highest BCUT2D eigenvalue weighted by atomic mass is 16.5. The zero-order chi connectivity index (χ0) is 16.3. The van der Waals surface area contributed by atoms with Gasteiger partial charge in [-0.3, -0.25) is 14.4 Å². The Morgan fingerprint density at radius 3 is 2.77 bits per heavy atom. The van der Waals surface area contributed by atoms with Crippen molar-refractivity contribution >= 4 is 23.5 Å². The van der Waals surface area contributed by atoms with Crippen LogP contribution in [-0.4, -0.2) is 47.0 Å². The van der Waals surface area contributed by atoms with E-state index >= 15 is 0 Å². The van der Waals surface area contributed by atoms with E-state index in [0.717, 1.165) is 0 Å². The molecule has 22 heavy (non-hydrogen) atoms. The van der Waals surface area contributed by atoms with Gasteiger partial charge in [0.25, 0.3) is 11.8 Å². The molecule has 1 aromatic rings. The number of nitrogens with one attached hydrogen (secondary N) is 1. The summed E-state index contributed by atoms with van der Waals surface area (Å²) < 4.78 is 5.29. The van der Waals surface area contributed by atoms with E-state index in [0.29, 0.717) is 17.0 Å². The number of carboxylic acids is 1. The van der Waals surface area contributed by atoms with Crippen LogP contribution in [0.2, 0.25) is 0 Å². The highest BCUT2D eigenvalue weighted by Crippen LogP contribution is 2.29. The maximum absolute atomic E-state index is 12.5. The summed E-state index contributed by atoms with van der Waals surface area (Å²) in [6.45, 7) is 3.71. The summed E-state index contributed by atoms with van der Waals surface area (Å²) in [5.74, 6) is -1.02. The first-order valence-corrected chi connectivity index (χ1v) is 6.98. The van der Waals surface area contributed by atoms with E-state index in [2.05, 4.69) is 5.32 Å². The number of benzene rings is 1. The Kier molecular flexibility index (Phi) is 4.65. The Hall–Kier alpha value is -2.57. The third kappa shape index (κ3) is 3.55. The number of amides is 2. The van der Waals surface area contributed by atoms with Crippen LogP contribution in [0.5, 0.6) is 5.75 Å². The molecule has 118 valence electrons. The Labute approximate surface area is 127 Å². The van der Waals surface area contributed by atoms with Gasteiger partial charge in [-0.05, 0) is 32.0 Å². The number of hydrogen-bond donors (Lipinski definition) is 2. The Bertz CT molecular complexity index is 612. The van der Waals surface area contributed by atoms with Gasteiger partial charge in [-0.25, -0.2) is 0 Å². The van der Waals surface area contributed by atoms with Crippen molar-refractivity contribution in [3.63, 3.8) is 0 Å². The molecule has 2 rings (SSSR count). The molecule has 7 heteroatoms. The number of nitrogens with zero attached hydrogens (tertiary/aromatic N) is 1. The van der Waals surface area contributed by atoms with Crippen LogP contribution in [0, 0.1) is 0 Å². The van der Waals surface area contributed by atoms with Crippen molar-refractivity contribution in [2.45, 2.75) is 26.3 Å². The number of carboxylic acid groups (broad SMARTS) is 1. The molecule has 1 aliphatic rings. The van der Waals surface area contributed by atoms with Crippen LogP contribution < -0.4 is 10.1 Å². The molecule has 0 aromatic heterocycles. The van der Waals surface area contributed by atoms with E-state index in [1.165, 1.54) is 4.90 Å². The summed E-state index contributed by atoms with van der Waals surface area (Å²) in [5.41, 5.74) is 0.920. The minimum absolute atomic E-state index is 0.0858. The van der Waals surface area contributed by atoms with E-state index in [1.807, 2.05) is 13.8 Å². The number of hydrogen-bond acceptors (Lipinski definition) is 4. The quantitative estimate of drug-likeness (QED) is 0.856. The van der Waals surface area contributed by atoms with E-state index < -0.39 is 5.97 Å². The molecule has 0 aliphatic carbocycles. The number of aliphatic carboxylic acids is 1. The summed E-state index contributed by atoms with van der Waals surface area (Å²) in [6.07, 6.45) is -0.110. The number of anilines is 1. The van der Waals surface area contributed by atoms with Crippen molar-refractivity contribution in [3.05, 3.63) is 23.8 Å². The third-order valence-corrected chi connectivity index (χ3v) is 3.31. The van der Waals surface area contributed by atoms with Gasteiger partial charge in [0, 0.05) is 18.2 Å². The van der Waals surface area contributed by atoms with Crippen molar-refractivity contribution in [3.8, 4) is 5.75 Å². The molecule has 1 heterocycles.